The Balaban J connectivity index is 2.21. The quantitative estimate of drug-likeness (QED) is 0.506. The number of rotatable bonds is 8. The van der Waals surface area contributed by atoms with Crippen molar-refractivity contribution in [1.29, 1.82) is 0 Å². The van der Waals surface area contributed by atoms with Crippen LogP contribution in [0, 0.1) is 18.8 Å². The summed E-state index contributed by atoms with van der Waals surface area (Å²) in [6.07, 6.45) is 0.929. The summed E-state index contributed by atoms with van der Waals surface area (Å²) in [6, 6.07) is 5.07. The van der Waals surface area contributed by atoms with Crippen molar-refractivity contribution in [2.45, 2.75) is 77.7 Å². The number of aliphatic hydroxyl groups excluding tert-OH is 1. The lowest BCUT2D eigenvalue weighted by Gasteiger charge is -2.43. The Labute approximate surface area is 213 Å². The van der Waals surface area contributed by atoms with Crippen LogP contribution in [-0.4, -0.2) is 58.7 Å². The lowest BCUT2D eigenvalue weighted by atomic mass is 9.83. The second-order valence-electron chi connectivity index (χ2n) is 11.1. The Kier molecular flexibility index (Phi) is 8.31. The van der Waals surface area contributed by atoms with Crippen molar-refractivity contribution in [2.75, 3.05) is 20.8 Å². The third-order valence-electron chi connectivity index (χ3n) is 6.81. The van der Waals surface area contributed by atoms with Crippen LogP contribution in [-0.2, 0) is 10.2 Å². The van der Waals surface area contributed by atoms with Gasteiger partial charge < -0.3 is 24.6 Å². The van der Waals surface area contributed by atoms with Gasteiger partial charge >= 0.3 is 0 Å². The van der Waals surface area contributed by atoms with E-state index in [1.165, 1.54) is 11.3 Å². The molecule has 1 aromatic carbocycles. The van der Waals surface area contributed by atoms with Gasteiger partial charge in [-0.25, -0.2) is 4.98 Å². The Morgan fingerprint density at radius 2 is 1.97 bits per heavy atom. The minimum absolute atomic E-state index is 0.130. The maximum atomic E-state index is 14.3. The zero-order valence-corrected chi connectivity index (χ0v) is 23.0. The smallest absolute Gasteiger partial charge is 0.255 e. The van der Waals surface area contributed by atoms with Crippen LogP contribution in [0.25, 0.3) is 0 Å². The van der Waals surface area contributed by atoms with Gasteiger partial charge in [0.05, 0.1) is 25.3 Å². The average Bonchev–Trinajstić information content (AvgIpc) is 3.33. The number of ether oxygens (including phenoxy) is 2. The predicted octanol–water partition coefficient (Wildman–Crippen LogP) is 4.70. The van der Waals surface area contributed by atoms with Gasteiger partial charge in [0.25, 0.3) is 5.91 Å². The highest BCUT2D eigenvalue weighted by Gasteiger charge is 2.58. The number of carbonyl (C=O) groups is 1. The summed E-state index contributed by atoms with van der Waals surface area (Å²) in [5.41, 5.74) is 0.112. The highest BCUT2D eigenvalue weighted by Crippen LogP contribution is 2.52. The Morgan fingerprint density at radius 1 is 1.29 bits per heavy atom. The Bertz CT molecular complexity index is 1030. The fourth-order valence-corrected chi connectivity index (χ4v) is 6.43. The molecule has 1 saturated heterocycles. The Morgan fingerprint density at radius 3 is 2.46 bits per heavy atom. The molecule has 1 amide bonds. The van der Waals surface area contributed by atoms with E-state index in [2.05, 4.69) is 25.8 Å². The molecule has 1 aliphatic heterocycles. The summed E-state index contributed by atoms with van der Waals surface area (Å²) in [5, 5.41) is 22.4. The van der Waals surface area contributed by atoms with Crippen molar-refractivity contribution >= 4 is 17.2 Å². The molecule has 35 heavy (non-hydrogen) atoms. The van der Waals surface area contributed by atoms with Crippen LogP contribution in [0.1, 0.15) is 79.3 Å². The van der Waals surface area contributed by atoms with Crippen molar-refractivity contribution in [3.8, 4) is 5.75 Å². The van der Waals surface area contributed by atoms with E-state index in [0.29, 0.717) is 30.8 Å². The van der Waals surface area contributed by atoms with E-state index < -0.39 is 17.9 Å². The monoisotopic (exact) mass is 504 g/mol. The van der Waals surface area contributed by atoms with Crippen LogP contribution in [0.15, 0.2) is 24.4 Å². The Hall–Kier alpha value is -2.00. The topological polar surface area (TPSA) is 92.1 Å². The fraction of sp³-hybridized carbons (Fsp3) is 0.630. The molecule has 0 spiro atoms. The van der Waals surface area contributed by atoms with Crippen molar-refractivity contribution in [3.05, 3.63) is 45.4 Å². The van der Waals surface area contributed by atoms with Gasteiger partial charge in [-0.05, 0) is 48.8 Å². The first kappa shape index (κ1) is 27.6. The molecule has 194 valence electrons. The van der Waals surface area contributed by atoms with Gasteiger partial charge in [0.2, 0.25) is 0 Å². The molecule has 0 saturated carbocycles. The molecule has 1 fully saturated rings. The van der Waals surface area contributed by atoms with Gasteiger partial charge in [0.1, 0.15) is 10.8 Å². The van der Waals surface area contributed by atoms with Crippen LogP contribution >= 0.6 is 11.3 Å². The highest BCUT2D eigenvalue weighted by molar-refractivity contribution is 7.11. The van der Waals surface area contributed by atoms with E-state index in [1.54, 1.807) is 31.4 Å². The van der Waals surface area contributed by atoms with Gasteiger partial charge in [-0.1, -0.05) is 40.7 Å². The molecule has 8 heteroatoms. The van der Waals surface area contributed by atoms with E-state index in [4.69, 9.17) is 9.47 Å². The van der Waals surface area contributed by atoms with Crippen LogP contribution < -0.4 is 4.74 Å². The largest absolute Gasteiger partial charge is 0.496 e. The average molecular weight is 505 g/mol. The van der Waals surface area contributed by atoms with Gasteiger partial charge in [-0.15, -0.1) is 11.3 Å². The number of aromatic nitrogens is 1. The summed E-state index contributed by atoms with van der Waals surface area (Å²) in [4.78, 5) is 21.6. The number of aliphatic hydroxyl groups is 2. The molecule has 7 nitrogen and oxygen atoms in total. The van der Waals surface area contributed by atoms with Crippen molar-refractivity contribution < 1.29 is 24.5 Å². The molecule has 2 heterocycles. The fourth-order valence-electron chi connectivity index (χ4n) is 5.47. The zero-order valence-electron chi connectivity index (χ0n) is 22.2. The van der Waals surface area contributed by atoms with E-state index >= 15 is 0 Å². The number of benzene rings is 1. The predicted molar refractivity (Wildman–Crippen MR) is 138 cm³/mol. The summed E-state index contributed by atoms with van der Waals surface area (Å²) in [5.74, 6) is 0.362. The summed E-state index contributed by atoms with van der Waals surface area (Å²) < 4.78 is 11.2. The van der Waals surface area contributed by atoms with Crippen molar-refractivity contribution in [2.24, 2.45) is 11.8 Å². The number of hydrogen-bond donors (Lipinski definition) is 2. The number of thiazole rings is 1. The summed E-state index contributed by atoms with van der Waals surface area (Å²) in [7, 11) is 3.23. The van der Waals surface area contributed by atoms with Crippen molar-refractivity contribution in [3.63, 3.8) is 0 Å². The molecule has 3 atom stereocenters. The minimum atomic E-state index is -1.71. The SMILES string of the molecule is COC[C@H]1C[C@@](CC(C)C)(C(O)O)N(C(=O)c2ccc(C(C)(C)C)c(OC)c2)[C@H]1c1ncc(C)s1. The third-order valence-corrected chi connectivity index (χ3v) is 7.79. The molecular weight excluding hydrogens is 464 g/mol. The van der Waals surface area contributed by atoms with Gasteiger partial charge in [-0.3, -0.25) is 4.79 Å². The molecule has 3 rings (SSSR count). The first-order valence-corrected chi connectivity index (χ1v) is 13.0. The van der Waals surface area contributed by atoms with E-state index in [-0.39, 0.29) is 23.2 Å². The molecular formula is C27H40N2O5S. The number of likely N-dealkylation sites (tertiary alicyclic amines) is 1. The van der Waals surface area contributed by atoms with Crippen LogP contribution in [0.5, 0.6) is 5.75 Å². The first-order valence-electron chi connectivity index (χ1n) is 12.1. The van der Waals surface area contributed by atoms with Crippen LogP contribution in [0.3, 0.4) is 0 Å². The number of carbonyl (C=O) groups excluding carboxylic acids is 1. The van der Waals surface area contributed by atoms with Crippen LogP contribution in [0.4, 0.5) is 0 Å². The molecule has 0 aliphatic carbocycles. The molecule has 1 aliphatic rings. The van der Waals surface area contributed by atoms with Crippen molar-refractivity contribution in [1.82, 2.24) is 9.88 Å². The molecule has 2 N–H and O–H groups in total. The lowest BCUT2D eigenvalue weighted by molar-refractivity contribution is -0.143. The third kappa shape index (κ3) is 5.40. The number of methoxy groups -OCH3 is 2. The number of amides is 1. The number of nitrogens with zero attached hydrogens (tertiary/aromatic N) is 2. The normalized spacial score (nSPS) is 22.9. The van der Waals surface area contributed by atoms with E-state index in [1.807, 2.05) is 32.9 Å². The highest BCUT2D eigenvalue weighted by atomic mass is 32.1. The maximum Gasteiger partial charge on any atom is 0.255 e. The second kappa shape index (κ2) is 10.5. The molecule has 2 aromatic rings. The molecule has 0 radical (unpaired) electrons. The van der Waals surface area contributed by atoms with Crippen LogP contribution in [0.2, 0.25) is 0 Å². The summed E-state index contributed by atoms with van der Waals surface area (Å²) >= 11 is 1.53. The number of hydrogen-bond acceptors (Lipinski definition) is 7. The zero-order chi connectivity index (χ0) is 26.1. The van der Waals surface area contributed by atoms with E-state index in [0.717, 1.165) is 15.4 Å². The first-order chi connectivity index (χ1) is 16.4. The van der Waals surface area contributed by atoms with Gasteiger partial charge in [0, 0.05) is 29.7 Å². The lowest BCUT2D eigenvalue weighted by Crippen LogP contribution is -2.56. The maximum absolute atomic E-state index is 14.3. The molecule has 0 unspecified atom stereocenters. The second-order valence-corrected chi connectivity index (χ2v) is 12.4. The molecule has 0 bridgehead atoms. The standard InChI is InChI=1S/C27H40N2O5S/c1-16(2)12-27(25(31)32)13-19(15-33-7)22(23-28-14-17(3)35-23)29(27)24(30)18-9-10-20(26(4,5)6)21(11-18)34-8/h9-11,14,16,19,22,25,31-32H,12-13,15H2,1-8H3/t19-,22-,27+/m1/s1. The van der Waals surface area contributed by atoms with Gasteiger partial charge in [-0.2, -0.15) is 0 Å². The summed E-state index contributed by atoms with van der Waals surface area (Å²) in [6.45, 7) is 12.7. The number of aryl methyl sites for hydroxylation is 1. The van der Waals surface area contributed by atoms with Gasteiger partial charge in [0.15, 0.2) is 6.29 Å². The van der Waals surface area contributed by atoms with E-state index in [9.17, 15) is 15.0 Å². The molecule has 1 aromatic heterocycles. The minimum Gasteiger partial charge on any atom is -0.496 e.